The molecule has 0 radical (unpaired) electrons. The van der Waals surface area contributed by atoms with E-state index in [-0.39, 0.29) is 5.82 Å². The Morgan fingerprint density at radius 2 is 2.06 bits per heavy atom. The van der Waals surface area contributed by atoms with Crippen LogP contribution < -0.4 is 5.32 Å². The minimum atomic E-state index is -0.222. The van der Waals surface area contributed by atoms with Crippen molar-refractivity contribution >= 4 is 11.6 Å². The molecular weight excluding hydrogens is 229 g/mol. The van der Waals surface area contributed by atoms with Gasteiger partial charge in [0.1, 0.15) is 11.6 Å². The van der Waals surface area contributed by atoms with E-state index in [0.717, 1.165) is 11.3 Å². The second-order valence-corrected chi connectivity index (χ2v) is 3.81. The fourth-order valence-corrected chi connectivity index (χ4v) is 1.59. The Labute approximate surface area is 98.0 Å². The minimum Gasteiger partial charge on any atom is -0.448 e. The van der Waals surface area contributed by atoms with Gasteiger partial charge in [0, 0.05) is 6.54 Å². The van der Waals surface area contributed by atoms with Gasteiger partial charge in [0.15, 0.2) is 5.22 Å². The van der Waals surface area contributed by atoms with Crippen LogP contribution in [0.2, 0.25) is 5.22 Å². The highest BCUT2D eigenvalue weighted by atomic mass is 35.5. The van der Waals surface area contributed by atoms with E-state index in [1.54, 1.807) is 18.2 Å². The Balaban J connectivity index is 1.84. The highest BCUT2D eigenvalue weighted by Gasteiger charge is 1.99. The molecule has 2 nitrogen and oxygen atoms in total. The van der Waals surface area contributed by atoms with Gasteiger partial charge in [-0.05, 0) is 41.4 Å². The molecule has 4 heteroatoms. The Morgan fingerprint density at radius 1 is 1.19 bits per heavy atom. The number of furan rings is 1. The Kier molecular flexibility index (Phi) is 3.59. The molecule has 2 aromatic rings. The molecule has 0 bridgehead atoms. The molecule has 1 N–H and O–H groups in total. The lowest BCUT2D eigenvalue weighted by Crippen LogP contribution is -2.12. The Morgan fingerprint density at radius 3 is 2.75 bits per heavy atom. The normalized spacial score (nSPS) is 10.6. The minimum absolute atomic E-state index is 0.222. The number of rotatable bonds is 4. The van der Waals surface area contributed by atoms with E-state index in [1.165, 1.54) is 12.1 Å². The van der Waals surface area contributed by atoms with Crippen molar-refractivity contribution in [3.05, 3.63) is 58.8 Å². The first-order valence-electron chi connectivity index (χ1n) is 4.93. The van der Waals surface area contributed by atoms with Crippen LogP contribution in [0.25, 0.3) is 0 Å². The van der Waals surface area contributed by atoms with Crippen molar-refractivity contribution in [2.24, 2.45) is 0 Å². The molecule has 1 aromatic heterocycles. The van der Waals surface area contributed by atoms with Crippen LogP contribution >= 0.6 is 11.6 Å². The predicted octanol–water partition coefficient (Wildman–Crippen LogP) is 3.36. The third-order valence-corrected chi connectivity index (χ3v) is 2.35. The van der Waals surface area contributed by atoms with Crippen molar-refractivity contribution in [2.45, 2.75) is 13.1 Å². The number of nitrogens with one attached hydrogen (secondary N) is 1. The van der Waals surface area contributed by atoms with Gasteiger partial charge in [0.05, 0.1) is 6.54 Å². The van der Waals surface area contributed by atoms with Crippen LogP contribution in [0.4, 0.5) is 4.39 Å². The van der Waals surface area contributed by atoms with Crippen molar-refractivity contribution < 1.29 is 8.81 Å². The molecule has 2 rings (SSSR count). The first-order chi connectivity index (χ1) is 7.74. The Hall–Kier alpha value is -1.32. The molecule has 1 aromatic carbocycles. The lowest BCUT2D eigenvalue weighted by molar-refractivity contribution is 0.484. The quantitative estimate of drug-likeness (QED) is 0.885. The average molecular weight is 240 g/mol. The van der Waals surface area contributed by atoms with Gasteiger partial charge in [0.2, 0.25) is 0 Å². The highest BCUT2D eigenvalue weighted by molar-refractivity contribution is 6.28. The summed E-state index contributed by atoms with van der Waals surface area (Å²) >= 11 is 5.63. The van der Waals surface area contributed by atoms with E-state index in [4.69, 9.17) is 16.0 Å². The lowest BCUT2D eigenvalue weighted by atomic mass is 10.2. The second-order valence-electron chi connectivity index (χ2n) is 3.44. The summed E-state index contributed by atoms with van der Waals surface area (Å²) in [6.07, 6.45) is 0. The molecule has 84 valence electrons. The largest absolute Gasteiger partial charge is 0.448 e. The van der Waals surface area contributed by atoms with Crippen LogP contribution in [-0.4, -0.2) is 0 Å². The summed E-state index contributed by atoms with van der Waals surface area (Å²) in [7, 11) is 0. The predicted molar refractivity (Wildman–Crippen MR) is 60.7 cm³/mol. The fourth-order valence-electron chi connectivity index (χ4n) is 1.42. The molecule has 0 atom stereocenters. The van der Waals surface area contributed by atoms with Gasteiger partial charge >= 0.3 is 0 Å². The van der Waals surface area contributed by atoms with Crippen LogP contribution in [0.5, 0.6) is 0 Å². The van der Waals surface area contributed by atoms with E-state index in [1.807, 2.05) is 6.07 Å². The van der Waals surface area contributed by atoms with E-state index in [0.29, 0.717) is 18.3 Å². The molecule has 0 aliphatic heterocycles. The molecule has 0 amide bonds. The average Bonchev–Trinajstić information content (AvgIpc) is 2.64. The van der Waals surface area contributed by atoms with Gasteiger partial charge in [-0.25, -0.2) is 4.39 Å². The summed E-state index contributed by atoms with van der Waals surface area (Å²) in [5.74, 6) is 0.543. The molecule has 16 heavy (non-hydrogen) atoms. The third kappa shape index (κ3) is 3.08. The van der Waals surface area contributed by atoms with Crippen molar-refractivity contribution in [2.75, 3.05) is 0 Å². The van der Waals surface area contributed by atoms with Gasteiger partial charge in [-0.15, -0.1) is 0 Å². The van der Waals surface area contributed by atoms with Gasteiger partial charge in [-0.2, -0.15) is 0 Å². The molecule has 1 heterocycles. The molecule has 0 spiro atoms. The molecule has 0 saturated carbocycles. The van der Waals surface area contributed by atoms with E-state index in [2.05, 4.69) is 5.32 Å². The first-order valence-corrected chi connectivity index (χ1v) is 5.31. The molecule has 0 aliphatic rings. The van der Waals surface area contributed by atoms with Crippen molar-refractivity contribution in [1.29, 1.82) is 0 Å². The Bertz CT molecular complexity index is 470. The third-order valence-electron chi connectivity index (χ3n) is 2.15. The maximum atomic E-state index is 12.9. The topological polar surface area (TPSA) is 25.2 Å². The zero-order valence-corrected chi connectivity index (χ0v) is 9.30. The van der Waals surface area contributed by atoms with Crippen LogP contribution in [0.1, 0.15) is 11.3 Å². The van der Waals surface area contributed by atoms with E-state index >= 15 is 0 Å². The summed E-state index contributed by atoms with van der Waals surface area (Å²) in [5, 5.41) is 3.52. The van der Waals surface area contributed by atoms with Gasteiger partial charge in [-0.3, -0.25) is 0 Å². The first kappa shape index (κ1) is 11.2. The fraction of sp³-hybridized carbons (Fsp3) is 0.167. The smallest absolute Gasteiger partial charge is 0.193 e. The monoisotopic (exact) mass is 239 g/mol. The lowest BCUT2D eigenvalue weighted by Gasteiger charge is -2.02. The van der Waals surface area contributed by atoms with Crippen LogP contribution in [0.15, 0.2) is 40.8 Å². The standard InChI is InChI=1S/C12H11ClFNO/c13-12-5-4-11(16-12)8-15-7-9-2-1-3-10(14)6-9/h1-6,15H,7-8H2. The molecular formula is C12H11ClFNO. The maximum absolute atomic E-state index is 12.9. The summed E-state index contributed by atoms with van der Waals surface area (Å²) < 4.78 is 18.0. The zero-order chi connectivity index (χ0) is 11.4. The van der Waals surface area contributed by atoms with Gasteiger partial charge in [-0.1, -0.05) is 12.1 Å². The van der Waals surface area contributed by atoms with Crippen molar-refractivity contribution in [3.63, 3.8) is 0 Å². The van der Waals surface area contributed by atoms with Crippen LogP contribution in [-0.2, 0) is 13.1 Å². The van der Waals surface area contributed by atoms with Crippen LogP contribution in [0.3, 0.4) is 0 Å². The summed E-state index contributed by atoms with van der Waals surface area (Å²) in [6.45, 7) is 1.17. The van der Waals surface area contributed by atoms with Gasteiger partial charge in [0.25, 0.3) is 0 Å². The highest BCUT2D eigenvalue weighted by Crippen LogP contribution is 2.12. The number of hydrogen-bond acceptors (Lipinski definition) is 2. The molecule has 0 unspecified atom stereocenters. The molecule has 0 fully saturated rings. The van der Waals surface area contributed by atoms with E-state index < -0.39 is 0 Å². The summed E-state index contributed by atoms with van der Waals surface area (Å²) in [6, 6.07) is 9.99. The van der Waals surface area contributed by atoms with Gasteiger partial charge < -0.3 is 9.73 Å². The number of benzene rings is 1. The SMILES string of the molecule is Fc1cccc(CNCc2ccc(Cl)o2)c1. The number of halogens is 2. The summed E-state index contributed by atoms with van der Waals surface area (Å²) in [4.78, 5) is 0. The molecule has 0 saturated heterocycles. The number of hydrogen-bond donors (Lipinski definition) is 1. The van der Waals surface area contributed by atoms with Crippen LogP contribution in [0, 0.1) is 5.82 Å². The van der Waals surface area contributed by atoms with E-state index in [9.17, 15) is 4.39 Å². The maximum Gasteiger partial charge on any atom is 0.193 e. The molecule has 0 aliphatic carbocycles. The second kappa shape index (κ2) is 5.14. The van der Waals surface area contributed by atoms with Crippen molar-refractivity contribution in [1.82, 2.24) is 5.32 Å². The zero-order valence-electron chi connectivity index (χ0n) is 8.54. The van der Waals surface area contributed by atoms with Crippen molar-refractivity contribution in [3.8, 4) is 0 Å². The summed E-state index contributed by atoms with van der Waals surface area (Å²) in [5.41, 5.74) is 0.901.